The van der Waals surface area contributed by atoms with Gasteiger partial charge in [-0.15, -0.1) is 0 Å². The van der Waals surface area contributed by atoms with E-state index in [1.54, 1.807) is 0 Å². The molecular weight excluding hydrogens is 236 g/mol. The second-order valence-electron chi connectivity index (χ2n) is 5.88. The largest absolute Gasteiger partial charge is 0.337 e. The average Bonchev–Trinajstić information content (AvgIpc) is 3.02. The van der Waals surface area contributed by atoms with Crippen molar-refractivity contribution in [3.8, 4) is 0 Å². The van der Waals surface area contributed by atoms with Crippen molar-refractivity contribution in [3.05, 3.63) is 18.0 Å². The summed E-state index contributed by atoms with van der Waals surface area (Å²) >= 11 is 0. The molecule has 0 spiro atoms. The molecule has 0 radical (unpaired) electrons. The van der Waals surface area contributed by atoms with Crippen LogP contribution in [0.15, 0.2) is 12.4 Å². The fraction of sp³-hybridized carbons (Fsp3) is 0.733. The maximum Gasteiger partial charge on any atom is 0.225 e. The van der Waals surface area contributed by atoms with Crippen LogP contribution in [0.25, 0.3) is 0 Å². The predicted octanol–water partition coefficient (Wildman–Crippen LogP) is 2.45. The Morgan fingerprint density at radius 3 is 2.42 bits per heavy atom. The van der Waals surface area contributed by atoms with Crippen LogP contribution < -0.4 is 10.6 Å². The molecule has 0 aromatic carbocycles. The van der Waals surface area contributed by atoms with Gasteiger partial charge in [0.05, 0.1) is 0 Å². The Bertz CT molecular complexity index is 397. The summed E-state index contributed by atoms with van der Waals surface area (Å²) in [6.45, 7) is 1.75. The summed E-state index contributed by atoms with van der Waals surface area (Å²) in [6.07, 6.45) is 13.1. The van der Waals surface area contributed by atoms with Crippen LogP contribution in [-0.2, 0) is 0 Å². The maximum atomic E-state index is 5.86. The van der Waals surface area contributed by atoms with Gasteiger partial charge >= 0.3 is 0 Å². The second-order valence-corrected chi connectivity index (χ2v) is 5.88. The van der Waals surface area contributed by atoms with E-state index in [9.17, 15) is 0 Å². The molecular formula is C15H24N4. The predicted molar refractivity (Wildman–Crippen MR) is 77.3 cm³/mol. The molecule has 1 saturated carbocycles. The zero-order valence-corrected chi connectivity index (χ0v) is 11.6. The van der Waals surface area contributed by atoms with Gasteiger partial charge in [-0.05, 0) is 43.6 Å². The van der Waals surface area contributed by atoms with Crippen molar-refractivity contribution in [3.63, 3.8) is 0 Å². The normalized spacial score (nSPS) is 24.9. The van der Waals surface area contributed by atoms with Gasteiger partial charge in [0.2, 0.25) is 5.95 Å². The lowest BCUT2D eigenvalue weighted by Gasteiger charge is -2.35. The molecule has 104 valence electrons. The SMILES string of the molecule is NCC1CCCCN1c1ncc(C2CCCC2)cn1. The highest BCUT2D eigenvalue weighted by atomic mass is 15.3. The monoisotopic (exact) mass is 260 g/mol. The van der Waals surface area contributed by atoms with Gasteiger partial charge in [-0.3, -0.25) is 0 Å². The first-order chi connectivity index (χ1) is 9.38. The van der Waals surface area contributed by atoms with Gasteiger partial charge in [0.1, 0.15) is 0 Å². The summed E-state index contributed by atoms with van der Waals surface area (Å²) in [5.74, 6) is 1.57. The standard InChI is InChI=1S/C15H24N4/c16-9-14-7-3-4-8-19(14)15-17-10-13(11-18-15)12-5-1-2-6-12/h10-12,14H,1-9,16H2. The maximum absolute atomic E-state index is 5.86. The number of piperidine rings is 1. The highest BCUT2D eigenvalue weighted by Gasteiger charge is 2.24. The Morgan fingerprint density at radius 2 is 1.74 bits per heavy atom. The first-order valence-electron chi connectivity index (χ1n) is 7.67. The Labute approximate surface area is 115 Å². The van der Waals surface area contributed by atoms with Gasteiger partial charge in [-0.25, -0.2) is 9.97 Å². The summed E-state index contributed by atoms with van der Waals surface area (Å²) in [5.41, 5.74) is 7.19. The molecule has 1 saturated heterocycles. The van der Waals surface area contributed by atoms with Gasteiger partial charge in [0.15, 0.2) is 0 Å². The Kier molecular flexibility index (Phi) is 3.97. The molecule has 1 aromatic heterocycles. The lowest BCUT2D eigenvalue weighted by Crippen LogP contribution is -2.45. The zero-order valence-electron chi connectivity index (χ0n) is 11.6. The van der Waals surface area contributed by atoms with Crippen LogP contribution in [0.2, 0.25) is 0 Å². The van der Waals surface area contributed by atoms with E-state index in [4.69, 9.17) is 5.73 Å². The van der Waals surface area contributed by atoms with Gasteiger partial charge < -0.3 is 10.6 Å². The number of anilines is 1. The van der Waals surface area contributed by atoms with E-state index in [-0.39, 0.29) is 0 Å². The summed E-state index contributed by atoms with van der Waals surface area (Å²) in [5, 5.41) is 0. The molecule has 1 aromatic rings. The van der Waals surface area contributed by atoms with Crippen molar-refractivity contribution in [1.82, 2.24) is 9.97 Å². The molecule has 4 heteroatoms. The molecule has 1 aliphatic carbocycles. The average molecular weight is 260 g/mol. The van der Waals surface area contributed by atoms with E-state index < -0.39 is 0 Å². The lowest BCUT2D eigenvalue weighted by atomic mass is 10.0. The highest BCUT2D eigenvalue weighted by molar-refractivity contribution is 5.33. The van der Waals surface area contributed by atoms with Crippen molar-refractivity contribution in [2.45, 2.75) is 56.9 Å². The van der Waals surface area contributed by atoms with Crippen LogP contribution in [0.5, 0.6) is 0 Å². The number of hydrogen-bond acceptors (Lipinski definition) is 4. The topological polar surface area (TPSA) is 55.0 Å². The molecule has 2 fully saturated rings. The van der Waals surface area contributed by atoms with E-state index in [0.717, 1.165) is 12.5 Å². The summed E-state index contributed by atoms with van der Waals surface area (Å²) in [4.78, 5) is 11.5. The zero-order chi connectivity index (χ0) is 13.1. The van der Waals surface area contributed by atoms with E-state index in [1.807, 2.05) is 12.4 Å². The number of hydrogen-bond donors (Lipinski definition) is 1. The molecule has 2 heterocycles. The number of rotatable bonds is 3. The van der Waals surface area contributed by atoms with E-state index in [0.29, 0.717) is 18.5 Å². The molecule has 2 N–H and O–H groups in total. The first-order valence-corrected chi connectivity index (χ1v) is 7.67. The highest BCUT2D eigenvalue weighted by Crippen LogP contribution is 2.33. The minimum atomic E-state index is 0.422. The van der Waals surface area contributed by atoms with E-state index >= 15 is 0 Å². The van der Waals surface area contributed by atoms with Crippen molar-refractivity contribution in [2.75, 3.05) is 18.0 Å². The lowest BCUT2D eigenvalue weighted by molar-refractivity contribution is 0.458. The smallest absolute Gasteiger partial charge is 0.225 e. The van der Waals surface area contributed by atoms with Crippen LogP contribution in [0, 0.1) is 0 Å². The summed E-state index contributed by atoms with van der Waals surface area (Å²) in [6, 6.07) is 0.422. The van der Waals surface area contributed by atoms with Crippen LogP contribution in [0.1, 0.15) is 56.4 Å². The van der Waals surface area contributed by atoms with Gasteiger partial charge in [-0.1, -0.05) is 12.8 Å². The molecule has 1 unspecified atom stereocenters. The number of aromatic nitrogens is 2. The third-order valence-electron chi connectivity index (χ3n) is 4.64. The minimum Gasteiger partial charge on any atom is -0.337 e. The van der Waals surface area contributed by atoms with Crippen LogP contribution in [-0.4, -0.2) is 29.1 Å². The van der Waals surface area contributed by atoms with Crippen molar-refractivity contribution < 1.29 is 0 Å². The summed E-state index contributed by atoms with van der Waals surface area (Å²) in [7, 11) is 0. The third kappa shape index (κ3) is 2.73. The number of nitrogens with two attached hydrogens (primary N) is 1. The van der Waals surface area contributed by atoms with Crippen molar-refractivity contribution >= 4 is 5.95 Å². The summed E-state index contributed by atoms with van der Waals surface area (Å²) < 4.78 is 0. The van der Waals surface area contributed by atoms with E-state index in [1.165, 1.54) is 50.5 Å². The Hall–Kier alpha value is -1.16. The van der Waals surface area contributed by atoms with Crippen molar-refractivity contribution in [2.24, 2.45) is 5.73 Å². The molecule has 19 heavy (non-hydrogen) atoms. The van der Waals surface area contributed by atoms with Crippen LogP contribution in [0.4, 0.5) is 5.95 Å². The third-order valence-corrected chi connectivity index (χ3v) is 4.64. The molecule has 1 atom stereocenters. The fourth-order valence-corrected chi connectivity index (χ4v) is 3.46. The number of nitrogens with zero attached hydrogens (tertiary/aromatic N) is 3. The van der Waals surface area contributed by atoms with Crippen LogP contribution >= 0.6 is 0 Å². The van der Waals surface area contributed by atoms with Gasteiger partial charge in [-0.2, -0.15) is 0 Å². The first kappa shape index (κ1) is 12.9. The molecule has 4 nitrogen and oxygen atoms in total. The minimum absolute atomic E-state index is 0.422. The Balaban J connectivity index is 1.73. The van der Waals surface area contributed by atoms with Crippen LogP contribution in [0.3, 0.4) is 0 Å². The molecule has 0 bridgehead atoms. The quantitative estimate of drug-likeness (QED) is 0.907. The molecule has 0 amide bonds. The molecule has 3 rings (SSSR count). The van der Waals surface area contributed by atoms with Crippen molar-refractivity contribution in [1.29, 1.82) is 0 Å². The van der Waals surface area contributed by atoms with E-state index in [2.05, 4.69) is 14.9 Å². The Morgan fingerprint density at radius 1 is 1.05 bits per heavy atom. The second kappa shape index (κ2) is 5.87. The molecule has 1 aliphatic heterocycles. The fourth-order valence-electron chi connectivity index (χ4n) is 3.46. The van der Waals surface area contributed by atoms with Gasteiger partial charge in [0, 0.05) is 31.5 Å². The molecule has 2 aliphatic rings. The van der Waals surface area contributed by atoms with Gasteiger partial charge in [0.25, 0.3) is 0 Å².